The van der Waals surface area contributed by atoms with Gasteiger partial charge in [-0.1, -0.05) is 41.4 Å². The summed E-state index contributed by atoms with van der Waals surface area (Å²) >= 11 is 6.24. The van der Waals surface area contributed by atoms with E-state index >= 15 is 0 Å². The second kappa shape index (κ2) is 11.6. The average Bonchev–Trinajstić information content (AvgIpc) is 2.89. The Morgan fingerprint density at radius 2 is 1.54 bits per heavy atom. The van der Waals surface area contributed by atoms with Crippen molar-refractivity contribution in [3.8, 4) is 0 Å². The second-order valence-electron chi connectivity index (χ2n) is 9.44. The zero-order valence-corrected chi connectivity index (χ0v) is 20.9. The third-order valence-electron chi connectivity index (χ3n) is 6.94. The first-order chi connectivity index (χ1) is 16.9. The number of nitrogens with zero attached hydrogens (tertiary/aromatic N) is 2. The van der Waals surface area contributed by atoms with Crippen molar-refractivity contribution in [3.63, 3.8) is 0 Å². The number of carbonyl (C=O) groups is 3. The first-order valence-corrected chi connectivity index (χ1v) is 12.8. The van der Waals surface area contributed by atoms with Crippen LogP contribution in [-0.4, -0.2) is 59.9 Å². The van der Waals surface area contributed by atoms with E-state index in [1.807, 2.05) is 36.1 Å². The first kappa shape index (κ1) is 25.0. The van der Waals surface area contributed by atoms with Gasteiger partial charge in [0.25, 0.3) is 5.91 Å². The summed E-state index contributed by atoms with van der Waals surface area (Å²) in [5, 5.41) is 6.30. The minimum absolute atomic E-state index is 0.0346. The molecular weight excluding hydrogens is 464 g/mol. The lowest BCUT2D eigenvalue weighted by molar-refractivity contribution is -0.136. The normalized spacial score (nSPS) is 17.5. The number of hydrogen-bond acceptors (Lipinski definition) is 3. The van der Waals surface area contributed by atoms with Gasteiger partial charge in [0.05, 0.1) is 10.6 Å². The smallest absolute Gasteiger partial charge is 0.321 e. The Morgan fingerprint density at radius 3 is 2.20 bits per heavy atom. The van der Waals surface area contributed by atoms with Crippen molar-refractivity contribution >= 4 is 35.1 Å². The van der Waals surface area contributed by atoms with E-state index < -0.39 is 6.04 Å². The minimum Gasteiger partial charge on any atom is -0.341 e. The van der Waals surface area contributed by atoms with Crippen molar-refractivity contribution in [2.45, 2.75) is 45.1 Å². The molecule has 1 unspecified atom stereocenters. The zero-order chi connectivity index (χ0) is 24.8. The van der Waals surface area contributed by atoms with Crippen LogP contribution in [0.5, 0.6) is 0 Å². The van der Waals surface area contributed by atoms with Crippen molar-refractivity contribution in [2.75, 3.05) is 31.5 Å². The number of benzene rings is 2. The number of carbonyl (C=O) groups excluding carboxylic acids is 3. The van der Waals surface area contributed by atoms with Gasteiger partial charge in [-0.05, 0) is 69.2 Å². The fourth-order valence-electron chi connectivity index (χ4n) is 4.83. The number of nitrogens with one attached hydrogen (secondary N) is 2. The molecule has 0 bridgehead atoms. The van der Waals surface area contributed by atoms with E-state index in [-0.39, 0.29) is 23.8 Å². The highest BCUT2D eigenvalue weighted by atomic mass is 35.5. The quantitative estimate of drug-likeness (QED) is 0.629. The number of halogens is 1. The summed E-state index contributed by atoms with van der Waals surface area (Å²) < 4.78 is 0. The number of hydrogen-bond donors (Lipinski definition) is 2. The number of aryl methyl sites for hydroxylation is 1. The number of anilines is 1. The Bertz CT molecular complexity index is 1040. The molecule has 4 amide bonds. The number of amides is 4. The van der Waals surface area contributed by atoms with Crippen LogP contribution < -0.4 is 10.6 Å². The molecule has 186 valence electrons. The summed E-state index contributed by atoms with van der Waals surface area (Å²) in [5.74, 6) is -0.433. The minimum atomic E-state index is -0.640. The molecule has 2 saturated heterocycles. The van der Waals surface area contributed by atoms with E-state index in [1.165, 1.54) is 0 Å². The maximum absolute atomic E-state index is 13.5. The maximum atomic E-state index is 13.5. The molecule has 7 nitrogen and oxygen atoms in total. The van der Waals surface area contributed by atoms with Gasteiger partial charge in [0.1, 0.15) is 6.04 Å². The fourth-order valence-corrected chi connectivity index (χ4v) is 5.05. The molecule has 0 aromatic heterocycles. The van der Waals surface area contributed by atoms with Gasteiger partial charge in [-0.2, -0.15) is 0 Å². The van der Waals surface area contributed by atoms with Crippen molar-refractivity contribution in [1.29, 1.82) is 0 Å². The van der Waals surface area contributed by atoms with E-state index in [9.17, 15) is 14.4 Å². The van der Waals surface area contributed by atoms with Crippen LogP contribution in [0.3, 0.4) is 0 Å². The summed E-state index contributed by atoms with van der Waals surface area (Å²) in [6.07, 6.45) is 4.35. The molecule has 2 aliphatic rings. The van der Waals surface area contributed by atoms with E-state index in [1.54, 1.807) is 29.2 Å². The average molecular weight is 497 g/mol. The molecular formula is C27H33ClN4O3. The van der Waals surface area contributed by atoms with Crippen LogP contribution in [0.15, 0.2) is 48.5 Å². The Balaban J connectivity index is 1.42. The van der Waals surface area contributed by atoms with Gasteiger partial charge in [-0.15, -0.1) is 0 Å². The Kier molecular flexibility index (Phi) is 8.29. The molecule has 2 fully saturated rings. The lowest BCUT2D eigenvalue weighted by Crippen LogP contribution is -2.55. The second-order valence-corrected chi connectivity index (χ2v) is 9.84. The summed E-state index contributed by atoms with van der Waals surface area (Å²) in [6, 6.07) is 13.8. The maximum Gasteiger partial charge on any atom is 0.321 e. The lowest BCUT2D eigenvalue weighted by Gasteiger charge is -2.38. The summed E-state index contributed by atoms with van der Waals surface area (Å²) in [4.78, 5) is 43.0. The SMILES string of the molecule is Cc1ccc(NC(=O)N2CCC(C(NC(=O)c3ccccc3Cl)C(=O)N3CCCCC3)CC2)cc1. The van der Waals surface area contributed by atoms with Crippen LogP contribution >= 0.6 is 11.6 Å². The molecule has 1 atom stereocenters. The Hall–Kier alpha value is -3.06. The molecule has 0 radical (unpaired) electrons. The zero-order valence-electron chi connectivity index (χ0n) is 20.1. The molecule has 2 aromatic carbocycles. The predicted octanol–water partition coefficient (Wildman–Crippen LogP) is 4.70. The van der Waals surface area contributed by atoms with Gasteiger partial charge in [-0.25, -0.2) is 4.79 Å². The van der Waals surface area contributed by atoms with E-state index in [0.29, 0.717) is 36.5 Å². The van der Waals surface area contributed by atoms with Crippen molar-refractivity contribution < 1.29 is 14.4 Å². The summed E-state index contributed by atoms with van der Waals surface area (Å²) in [6.45, 7) is 4.48. The molecule has 4 rings (SSSR count). The molecule has 0 saturated carbocycles. The topological polar surface area (TPSA) is 81.8 Å². The van der Waals surface area contributed by atoms with E-state index in [4.69, 9.17) is 11.6 Å². The van der Waals surface area contributed by atoms with Crippen molar-refractivity contribution in [1.82, 2.24) is 15.1 Å². The monoisotopic (exact) mass is 496 g/mol. The molecule has 2 aliphatic heterocycles. The van der Waals surface area contributed by atoms with E-state index in [0.717, 1.165) is 43.6 Å². The number of urea groups is 1. The van der Waals surface area contributed by atoms with Crippen LogP contribution in [0.2, 0.25) is 5.02 Å². The van der Waals surface area contributed by atoms with Crippen LogP contribution in [0.25, 0.3) is 0 Å². The van der Waals surface area contributed by atoms with Crippen LogP contribution in [-0.2, 0) is 4.79 Å². The highest BCUT2D eigenvalue weighted by molar-refractivity contribution is 6.33. The van der Waals surface area contributed by atoms with Crippen LogP contribution in [0.1, 0.15) is 48.0 Å². The number of piperidine rings is 2. The molecule has 2 aromatic rings. The summed E-state index contributed by atoms with van der Waals surface area (Å²) in [5.41, 5.74) is 2.25. The van der Waals surface area contributed by atoms with Gasteiger partial charge < -0.3 is 20.4 Å². The number of rotatable bonds is 5. The molecule has 0 aliphatic carbocycles. The Morgan fingerprint density at radius 1 is 0.886 bits per heavy atom. The van der Waals surface area contributed by atoms with Gasteiger partial charge in [0.15, 0.2) is 0 Å². The highest BCUT2D eigenvalue weighted by Gasteiger charge is 2.36. The summed E-state index contributed by atoms with van der Waals surface area (Å²) in [7, 11) is 0. The third-order valence-corrected chi connectivity index (χ3v) is 7.27. The van der Waals surface area contributed by atoms with Crippen LogP contribution in [0.4, 0.5) is 10.5 Å². The van der Waals surface area contributed by atoms with Gasteiger partial charge in [0.2, 0.25) is 5.91 Å². The first-order valence-electron chi connectivity index (χ1n) is 12.4. The van der Waals surface area contributed by atoms with Crippen LogP contribution in [0, 0.1) is 12.8 Å². The highest BCUT2D eigenvalue weighted by Crippen LogP contribution is 2.25. The Labute approximate surface area is 211 Å². The number of likely N-dealkylation sites (tertiary alicyclic amines) is 2. The van der Waals surface area contributed by atoms with Gasteiger partial charge in [0, 0.05) is 31.9 Å². The lowest BCUT2D eigenvalue weighted by atomic mass is 9.88. The van der Waals surface area contributed by atoms with Crippen molar-refractivity contribution in [2.24, 2.45) is 5.92 Å². The molecule has 2 heterocycles. The third kappa shape index (κ3) is 6.34. The van der Waals surface area contributed by atoms with E-state index in [2.05, 4.69) is 10.6 Å². The van der Waals surface area contributed by atoms with Gasteiger partial charge >= 0.3 is 6.03 Å². The molecule has 0 spiro atoms. The molecule has 35 heavy (non-hydrogen) atoms. The predicted molar refractivity (Wildman–Crippen MR) is 138 cm³/mol. The van der Waals surface area contributed by atoms with Gasteiger partial charge in [-0.3, -0.25) is 9.59 Å². The standard InChI is InChI=1S/C27H33ClN4O3/c1-19-9-11-21(12-10-19)29-27(35)32-17-13-20(14-18-32)24(26(34)31-15-5-2-6-16-31)30-25(33)22-7-3-4-8-23(22)28/h3-4,7-12,20,24H,2,5-6,13-18H2,1H3,(H,29,35)(H,30,33). The van der Waals surface area contributed by atoms with Crippen molar-refractivity contribution in [3.05, 3.63) is 64.7 Å². The molecule has 8 heteroatoms. The fraction of sp³-hybridized carbons (Fsp3) is 0.444. The molecule has 2 N–H and O–H groups in total. The largest absolute Gasteiger partial charge is 0.341 e.